The van der Waals surface area contributed by atoms with Gasteiger partial charge in [0.15, 0.2) is 0 Å². The van der Waals surface area contributed by atoms with E-state index in [9.17, 15) is 0 Å². The Morgan fingerprint density at radius 3 is 2.88 bits per heavy atom. The summed E-state index contributed by atoms with van der Waals surface area (Å²) in [5.74, 6) is 0. The van der Waals surface area contributed by atoms with E-state index in [2.05, 4.69) is 48.5 Å². The molecule has 0 radical (unpaired) electrons. The first-order valence-electron chi connectivity index (χ1n) is 6.23. The Morgan fingerprint density at radius 2 is 2.19 bits per heavy atom. The van der Waals surface area contributed by atoms with E-state index in [1.54, 1.807) is 0 Å². The van der Waals surface area contributed by atoms with Gasteiger partial charge in [0.1, 0.15) is 0 Å². The molecular formula is C14H22N2. The van der Waals surface area contributed by atoms with Crippen LogP contribution in [0.15, 0.2) is 24.3 Å². The molecule has 0 spiro atoms. The Morgan fingerprint density at radius 1 is 1.38 bits per heavy atom. The summed E-state index contributed by atoms with van der Waals surface area (Å²) in [5.41, 5.74) is 2.90. The molecule has 1 heterocycles. The first-order chi connectivity index (χ1) is 7.77. The predicted octanol–water partition coefficient (Wildman–Crippen LogP) is 1.83. The summed E-state index contributed by atoms with van der Waals surface area (Å²) in [4.78, 5) is 2.49. The number of likely N-dealkylation sites (N-methyl/N-ethyl adjacent to an activating group) is 1. The van der Waals surface area contributed by atoms with Crippen molar-refractivity contribution in [2.75, 3.05) is 26.7 Å². The van der Waals surface area contributed by atoms with Crippen molar-refractivity contribution in [3.63, 3.8) is 0 Å². The van der Waals surface area contributed by atoms with Crippen molar-refractivity contribution >= 4 is 0 Å². The zero-order valence-electron chi connectivity index (χ0n) is 10.4. The maximum atomic E-state index is 3.42. The molecule has 16 heavy (non-hydrogen) atoms. The largest absolute Gasteiger partial charge is 0.315 e. The zero-order chi connectivity index (χ0) is 11.4. The molecule has 0 aliphatic carbocycles. The molecule has 88 valence electrons. The third kappa shape index (κ3) is 2.83. The first-order valence-corrected chi connectivity index (χ1v) is 6.23. The van der Waals surface area contributed by atoms with Gasteiger partial charge in [-0.05, 0) is 44.5 Å². The Balaban J connectivity index is 1.84. The van der Waals surface area contributed by atoms with Crippen LogP contribution in [0.5, 0.6) is 0 Å². The summed E-state index contributed by atoms with van der Waals surface area (Å²) in [6, 6.07) is 9.44. The summed E-state index contributed by atoms with van der Waals surface area (Å²) in [7, 11) is 2.25. The van der Waals surface area contributed by atoms with E-state index in [0.717, 1.165) is 19.1 Å². The second kappa shape index (κ2) is 5.46. The second-order valence-corrected chi connectivity index (χ2v) is 4.80. The van der Waals surface area contributed by atoms with E-state index in [4.69, 9.17) is 0 Å². The van der Waals surface area contributed by atoms with Crippen LogP contribution in [0, 0.1) is 6.92 Å². The van der Waals surface area contributed by atoms with Crippen LogP contribution in [0.25, 0.3) is 0 Å². The van der Waals surface area contributed by atoms with Crippen molar-refractivity contribution in [3.8, 4) is 0 Å². The van der Waals surface area contributed by atoms with E-state index in [1.807, 2.05) is 0 Å². The zero-order valence-corrected chi connectivity index (χ0v) is 10.4. The summed E-state index contributed by atoms with van der Waals surface area (Å²) in [6.45, 7) is 5.70. The molecule has 0 aromatic heterocycles. The SMILES string of the molecule is Cc1ccccc1CCN(C)C1CCNC1. The van der Waals surface area contributed by atoms with Gasteiger partial charge in [-0.3, -0.25) is 0 Å². The summed E-state index contributed by atoms with van der Waals surface area (Å²) in [5, 5.41) is 3.42. The fraction of sp³-hybridized carbons (Fsp3) is 0.571. The minimum absolute atomic E-state index is 0.740. The monoisotopic (exact) mass is 218 g/mol. The van der Waals surface area contributed by atoms with Gasteiger partial charge < -0.3 is 10.2 Å². The van der Waals surface area contributed by atoms with Crippen LogP contribution in [0.1, 0.15) is 17.5 Å². The molecule has 1 unspecified atom stereocenters. The number of nitrogens with one attached hydrogen (secondary N) is 1. The van der Waals surface area contributed by atoms with Crippen LogP contribution in [0.4, 0.5) is 0 Å². The van der Waals surface area contributed by atoms with Crippen LogP contribution in [-0.2, 0) is 6.42 Å². The van der Waals surface area contributed by atoms with Gasteiger partial charge in [-0.25, -0.2) is 0 Å². The average molecular weight is 218 g/mol. The van der Waals surface area contributed by atoms with Crippen LogP contribution in [0.2, 0.25) is 0 Å². The summed E-state index contributed by atoms with van der Waals surface area (Å²) in [6.07, 6.45) is 2.46. The fourth-order valence-corrected chi connectivity index (χ4v) is 2.39. The van der Waals surface area contributed by atoms with Gasteiger partial charge in [-0.15, -0.1) is 0 Å². The van der Waals surface area contributed by atoms with E-state index < -0.39 is 0 Å². The highest BCUT2D eigenvalue weighted by atomic mass is 15.2. The molecule has 0 bridgehead atoms. The maximum absolute atomic E-state index is 3.42. The molecule has 1 atom stereocenters. The van der Waals surface area contributed by atoms with Crippen LogP contribution in [-0.4, -0.2) is 37.6 Å². The maximum Gasteiger partial charge on any atom is 0.0229 e. The molecule has 1 aromatic rings. The van der Waals surface area contributed by atoms with Gasteiger partial charge in [-0.1, -0.05) is 24.3 Å². The third-order valence-corrected chi connectivity index (χ3v) is 3.65. The normalized spacial score (nSPS) is 20.6. The predicted molar refractivity (Wildman–Crippen MR) is 68.8 cm³/mol. The smallest absolute Gasteiger partial charge is 0.0229 e. The van der Waals surface area contributed by atoms with Crippen molar-refractivity contribution in [1.29, 1.82) is 0 Å². The van der Waals surface area contributed by atoms with Crippen molar-refractivity contribution in [1.82, 2.24) is 10.2 Å². The Labute approximate surface area is 98.7 Å². The standard InChI is InChI=1S/C14H22N2/c1-12-5-3-4-6-13(12)8-10-16(2)14-7-9-15-11-14/h3-6,14-15H,7-11H2,1-2H3. The Kier molecular flexibility index (Phi) is 3.97. The molecule has 2 heteroatoms. The van der Waals surface area contributed by atoms with E-state index in [-0.39, 0.29) is 0 Å². The average Bonchev–Trinajstić information content (AvgIpc) is 2.81. The topological polar surface area (TPSA) is 15.3 Å². The van der Waals surface area contributed by atoms with Crippen molar-refractivity contribution in [3.05, 3.63) is 35.4 Å². The van der Waals surface area contributed by atoms with Crippen LogP contribution >= 0.6 is 0 Å². The highest BCUT2D eigenvalue weighted by Crippen LogP contribution is 2.11. The molecule has 2 rings (SSSR count). The van der Waals surface area contributed by atoms with Gasteiger partial charge in [0.05, 0.1) is 0 Å². The lowest BCUT2D eigenvalue weighted by Crippen LogP contribution is -2.34. The Hall–Kier alpha value is -0.860. The lowest BCUT2D eigenvalue weighted by atomic mass is 10.1. The summed E-state index contributed by atoms with van der Waals surface area (Å²) >= 11 is 0. The first kappa shape index (κ1) is 11.6. The van der Waals surface area contributed by atoms with E-state index in [0.29, 0.717) is 0 Å². The van der Waals surface area contributed by atoms with Gasteiger partial charge in [0, 0.05) is 19.1 Å². The number of nitrogens with zero attached hydrogens (tertiary/aromatic N) is 1. The number of aryl methyl sites for hydroxylation is 1. The highest BCUT2D eigenvalue weighted by Gasteiger charge is 2.18. The molecule has 1 aliphatic rings. The molecule has 1 saturated heterocycles. The Bertz CT molecular complexity index is 329. The lowest BCUT2D eigenvalue weighted by Gasteiger charge is -2.23. The van der Waals surface area contributed by atoms with Gasteiger partial charge in [0.2, 0.25) is 0 Å². The van der Waals surface area contributed by atoms with Gasteiger partial charge in [-0.2, -0.15) is 0 Å². The number of hydrogen-bond acceptors (Lipinski definition) is 2. The minimum atomic E-state index is 0.740. The van der Waals surface area contributed by atoms with Gasteiger partial charge in [0.25, 0.3) is 0 Å². The van der Waals surface area contributed by atoms with E-state index >= 15 is 0 Å². The molecule has 1 N–H and O–H groups in total. The highest BCUT2D eigenvalue weighted by molar-refractivity contribution is 5.25. The second-order valence-electron chi connectivity index (χ2n) is 4.80. The van der Waals surface area contributed by atoms with Crippen LogP contribution in [0.3, 0.4) is 0 Å². The molecule has 1 aromatic carbocycles. The minimum Gasteiger partial charge on any atom is -0.315 e. The number of rotatable bonds is 4. The lowest BCUT2D eigenvalue weighted by molar-refractivity contribution is 0.260. The molecule has 1 aliphatic heterocycles. The molecule has 2 nitrogen and oxygen atoms in total. The van der Waals surface area contributed by atoms with Crippen molar-refractivity contribution in [2.24, 2.45) is 0 Å². The third-order valence-electron chi connectivity index (χ3n) is 3.65. The van der Waals surface area contributed by atoms with E-state index in [1.165, 1.54) is 30.5 Å². The number of hydrogen-bond donors (Lipinski definition) is 1. The molecule has 0 amide bonds. The summed E-state index contributed by atoms with van der Waals surface area (Å²) < 4.78 is 0. The molecular weight excluding hydrogens is 196 g/mol. The van der Waals surface area contributed by atoms with Crippen molar-refractivity contribution in [2.45, 2.75) is 25.8 Å². The number of benzene rings is 1. The molecule has 1 fully saturated rings. The quantitative estimate of drug-likeness (QED) is 0.829. The molecule has 0 saturated carbocycles. The fourth-order valence-electron chi connectivity index (χ4n) is 2.39. The van der Waals surface area contributed by atoms with Crippen molar-refractivity contribution < 1.29 is 0 Å². The van der Waals surface area contributed by atoms with Crippen LogP contribution < -0.4 is 5.32 Å². The van der Waals surface area contributed by atoms with Gasteiger partial charge >= 0.3 is 0 Å².